The molecule has 3 heterocycles. The second-order valence-electron chi connectivity index (χ2n) is 6.65. The monoisotopic (exact) mass is 421 g/mol. The normalized spacial score (nSPS) is 15.9. The smallest absolute Gasteiger partial charge is 0.340 e. The molecule has 10 heteroatoms. The molecule has 0 spiro atoms. The number of urea groups is 1. The summed E-state index contributed by atoms with van der Waals surface area (Å²) in [6.07, 6.45) is 3.00. The van der Waals surface area contributed by atoms with Gasteiger partial charge in [0.25, 0.3) is 0 Å². The molecule has 2 N–H and O–H groups in total. The van der Waals surface area contributed by atoms with Crippen molar-refractivity contribution in [3.05, 3.63) is 77.4 Å². The lowest BCUT2D eigenvalue weighted by Gasteiger charge is -2.29. The number of aromatic nitrogens is 3. The van der Waals surface area contributed by atoms with E-state index >= 15 is 0 Å². The highest BCUT2D eigenvalue weighted by atomic mass is 16.5. The zero-order valence-corrected chi connectivity index (χ0v) is 16.6. The average Bonchev–Trinajstić information content (AvgIpc) is 3.25. The van der Waals surface area contributed by atoms with Crippen molar-refractivity contribution in [2.75, 3.05) is 13.2 Å². The Kier molecular flexibility index (Phi) is 5.61. The number of nitrogens with one attached hydrogen (secondary N) is 2. The van der Waals surface area contributed by atoms with E-state index in [1.165, 1.54) is 12.5 Å². The van der Waals surface area contributed by atoms with E-state index in [1.807, 2.05) is 6.07 Å². The molecule has 0 fully saturated rings. The molecule has 1 aliphatic heterocycles. The van der Waals surface area contributed by atoms with Gasteiger partial charge in [0, 0.05) is 6.20 Å². The van der Waals surface area contributed by atoms with Crippen molar-refractivity contribution in [2.45, 2.75) is 13.0 Å². The van der Waals surface area contributed by atoms with Crippen LogP contribution in [0.4, 0.5) is 4.79 Å². The van der Waals surface area contributed by atoms with E-state index in [4.69, 9.17) is 9.47 Å². The molecule has 31 heavy (non-hydrogen) atoms. The maximum atomic E-state index is 12.7. The number of nitrogens with zero attached hydrogens (tertiary/aromatic N) is 3. The number of rotatable bonds is 6. The average molecular weight is 421 g/mol. The summed E-state index contributed by atoms with van der Waals surface area (Å²) in [6.45, 7) is 1.53. The molecule has 158 valence electrons. The molecule has 1 aromatic carbocycles. The van der Waals surface area contributed by atoms with Crippen LogP contribution in [0.2, 0.25) is 0 Å². The summed E-state index contributed by atoms with van der Waals surface area (Å²) in [5.41, 5.74) is 1.89. The van der Waals surface area contributed by atoms with Crippen LogP contribution in [0.25, 0.3) is 5.65 Å². The van der Waals surface area contributed by atoms with Crippen molar-refractivity contribution in [2.24, 2.45) is 0 Å². The minimum absolute atomic E-state index is 0.157. The van der Waals surface area contributed by atoms with Crippen molar-refractivity contribution < 1.29 is 23.9 Å². The van der Waals surface area contributed by atoms with Crippen LogP contribution in [0.3, 0.4) is 0 Å². The summed E-state index contributed by atoms with van der Waals surface area (Å²) < 4.78 is 12.1. The molecular weight excluding hydrogens is 402 g/mol. The highest BCUT2D eigenvalue weighted by molar-refractivity contribution is 5.95. The van der Waals surface area contributed by atoms with E-state index in [0.717, 1.165) is 0 Å². The number of benzene rings is 1. The minimum Gasteiger partial charge on any atom is -0.463 e. The van der Waals surface area contributed by atoms with Crippen LogP contribution < -0.4 is 10.6 Å². The summed E-state index contributed by atoms with van der Waals surface area (Å²) in [6, 6.07) is 10.9. The molecule has 10 nitrogen and oxygen atoms in total. The molecule has 0 radical (unpaired) electrons. The lowest BCUT2D eigenvalue weighted by Crippen LogP contribution is -2.47. The van der Waals surface area contributed by atoms with E-state index in [0.29, 0.717) is 11.2 Å². The molecule has 4 rings (SSSR count). The second kappa shape index (κ2) is 8.66. The van der Waals surface area contributed by atoms with Crippen LogP contribution in [0.5, 0.6) is 0 Å². The van der Waals surface area contributed by atoms with Crippen LogP contribution >= 0.6 is 0 Å². The first kappa shape index (κ1) is 20.1. The predicted octanol–water partition coefficient (Wildman–Crippen LogP) is 1.76. The van der Waals surface area contributed by atoms with Crippen LogP contribution in [-0.4, -0.2) is 45.8 Å². The number of pyridine rings is 1. The first-order valence-corrected chi connectivity index (χ1v) is 9.56. The van der Waals surface area contributed by atoms with E-state index < -0.39 is 24.0 Å². The van der Waals surface area contributed by atoms with Gasteiger partial charge in [-0.05, 0) is 24.6 Å². The Balaban J connectivity index is 1.62. The molecule has 0 bridgehead atoms. The highest BCUT2D eigenvalue weighted by Gasteiger charge is 2.34. The SMILES string of the molecule is CCOC(=O)C1=C(COC(=O)c2ccc3nncn3c2)NC(=O)NC1c1ccccc1. The van der Waals surface area contributed by atoms with Gasteiger partial charge in [-0.2, -0.15) is 0 Å². The standard InChI is InChI=1S/C21H19N5O5/c1-2-30-20(28)17-15(23-21(29)24-18(17)13-6-4-3-5-7-13)11-31-19(27)14-8-9-16-25-22-12-26(16)10-14/h3-10,12,18H,2,11H2,1H3,(H2,23,24,29). The van der Waals surface area contributed by atoms with Gasteiger partial charge in [0.1, 0.15) is 12.9 Å². The fraction of sp³-hybridized carbons (Fsp3) is 0.190. The predicted molar refractivity (Wildman–Crippen MR) is 108 cm³/mol. The van der Waals surface area contributed by atoms with E-state index in [2.05, 4.69) is 20.8 Å². The van der Waals surface area contributed by atoms with Gasteiger partial charge in [-0.25, -0.2) is 14.4 Å². The fourth-order valence-electron chi connectivity index (χ4n) is 3.25. The maximum Gasteiger partial charge on any atom is 0.340 e. The van der Waals surface area contributed by atoms with Crippen LogP contribution in [0.15, 0.2) is 66.3 Å². The van der Waals surface area contributed by atoms with Gasteiger partial charge in [0.15, 0.2) is 5.65 Å². The number of carbonyl (C=O) groups excluding carboxylic acids is 3. The third-order valence-electron chi connectivity index (χ3n) is 4.66. The minimum atomic E-state index is -0.740. The number of carbonyl (C=O) groups is 3. The van der Waals surface area contributed by atoms with Crippen LogP contribution in [0, 0.1) is 0 Å². The molecule has 3 aromatic rings. The molecular formula is C21H19N5O5. The third-order valence-corrected chi connectivity index (χ3v) is 4.66. The van der Waals surface area contributed by atoms with Crippen LogP contribution in [0.1, 0.15) is 28.9 Å². The molecule has 1 unspecified atom stereocenters. The maximum absolute atomic E-state index is 12.7. The third kappa shape index (κ3) is 4.22. The molecule has 1 aliphatic rings. The lowest BCUT2D eigenvalue weighted by molar-refractivity contribution is -0.139. The van der Waals surface area contributed by atoms with E-state index in [1.54, 1.807) is 47.7 Å². The van der Waals surface area contributed by atoms with Crippen molar-refractivity contribution in [3.8, 4) is 0 Å². The van der Waals surface area contributed by atoms with E-state index in [9.17, 15) is 14.4 Å². The number of amides is 2. The Labute approximate surface area is 176 Å². The van der Waals surface area contributed by atoms with Crippen molar-refractivity contribution >= 4 is 23.6 Å². The van der Waals surface area contributed by atoms with Crippen molar-refractivity contribution in [3.63, 3.8) is 0 Å². The first-order valence-electron chi connectivity index (χ1n) is 9.56. The summed E-state index contributed by atoms with van der Waals surface area (Å²) >= 11 is 0. The van der Waals surface area contributed by atoms with Crippen molar-refractivity contribution in [1.82, 2.24) is 25.2 Å². The van der Waals surface area contributed by atoms with Crippen molar-refractivity contribution in [1.29, 1.82) is 0 Å². The number of fused-ring (bicyclic) bond motifs is 1. The Morgan fingerprint density at radius 1 is 1.10 bits per heavy atom. The first-order chi connectivity index (χ1) is 15.1. The van der Waals surface area contributed by atoms with Gasteiger partial charge in [0.05, 0.1) is 29.5 Å². The Morgan fingerprint density at radius 2 is 1.90 bits per heavy atom. The van der Waals surface area contributed by atoms with Crippen LogP contribution in [-0.2, 0) is 14.3 Å². The molecule has 2 aromatic heterocycles. The quantitative estimate of drug-likeness (QED) is 0.581. The molecule has 1 atom stereocenters. The van der Waals surface area contributed by atoms with Gasteiger partial charge >= 0.3 is 18.0 Å². The van der Waals surface area contributed by atoms with E-state index in [-0.39, 0.29) is 30.0 Å². The largest absolute Gasteiger partial charge is 0.463 e. The van der Waals surface area contributed by atoms with Gasteiger partial charge in [-0.1, -0.05) is 30.3 Å². The number of hydrogen-bond donors (Lipinski definition) is 2. The summed E-state index contributed by atoms with van der Waals surface area (Å²) in [5.74, 6) is -1.24. The van der Waals surface area contributed by atoms with Gasteiger partial charge in [0.2, 0.25) is 0 Å². The summed E-state index contributed by atoms with van der Waals surface area (Å²) in [7, 11) is 0. The molecule has 0 aliphatic carbocycles. The zero-order chi connectivity index (χ0) is 21.8. The lowest BCUT2D eigenvalue weighted by atomic mass is 9.95. The fourth-order valence-corrected chi connectivity index (χ4v) is 3.25. The number of hydrogen-bond acceptors (Lipinski definition) is 7. The molecule has 2 amide bonds. The molecule has 0 saturated carbocycles. The Morgan fingerprint density at radius 3 is 2.68 bits per heavy atom. The number of ether oxygens (including phenoxy) is 2. The summed E-state index contributed by atoms with van der Waals surface area (Å²) in [5, 5.41) is 12.9. The second-order valence-corrected chi connectivity index (χ2v) is 6.65. The highest BCUT2D eigenvalue weighted by Crippen LogP contribution is 2.28. The van der Waals surface area contributed by atoms with Gasteiger partial charge in [-0.3, -0.25) is 4.40 Å². The Bertz CT molecular complexity index is 1170. The summed E-state index contributed by atoms with van der Waals surface area (Å²) in [4.78, 5) is 37.5. The Hall–Kier alpha value is -4.21. The zero-order valence-electron chi connectivity index (χ0n) is 16.6. The number of esters is 2. The topological polar surface area (TPSA) is 124 Å². The van der Waals surface area contributed by atoms with Gasteiger partial charge < -0.3 is 20.1 Å². The van der Waals surface area contributed by atoms with Gasteiger partial charge in [-0.15, -0.1) is 10.2 Å². The molecule has 0 saturated heterocycles.